The number of para-hydroxylation sites is 1. The van der Waals surface area contributed by atoms with Crippen LogP contribution in [0.4, 0.5) is 0 Å². The quantitative estimate of drug-likeness (QED) is 0.236. The average molecular weight is 408 g/mol. The molecule has 0 fully saturated rings. The molecule has 160 valence electrons. The average Bonchev–Trinajstić information content (AvgIpc) is 2.69. The lowest BCUT2D eigenvalue weighted by molar-refractivity contribution is -0.757. The van der Waals surface area contributed by atoms with Crippen molar-refractivity contribution in [1.82, 2.24) is 10.6 Å². The Balaban J connectivity index is 2.24. The summed E-state index contributed by atoms with van der Waals surface area (Å²) in [6, 6.07) is 8.83. The van der Waals surface area contributed by atoms with Crippen LogP contribution < -0.4 is 15.4 Å². The Bertz CT molecular complexity index is 704. The van der Waals surface area contributed by atoms with Gasteiger partial charge in [0.25, 0.3) is 5.09 Å². The summed E-state index contributed by atoms with van der Waals surface area (Å²) in [5, 5.41) is 34.3. The van der Waals surface area contributed by atoms with Crippen LogP contribution in [-0.2, 0) is 9.63 Å². The highest BCUT2D eigenvalue weighted by atomic mass is 16.9. The molecule has 0 spiro atoms. The van der Waals surface area contributed by atoms with Gasteiger partial charge in [0.2, 0.25) is 5.91 Å². The zero-order valence-corrected chi connectivity index (χ0v) is 16.7. The van der Waals surface area contributed by atoms with E-state index in [-0.39, 0.29) is 32.1 Å². The number of nitrogens with one attached hydrogen (secondary N) is 2. The van der Waals surface area contributed by atoms with Crippen LogP contribution in [0.25, 0.3) is 0 Å². The van der Waals surface area contributed by atoms with Crippen LogP contribution in [0.1, 0.15) is 38.7 Å². The SMILES string of the molecule is CC(C)(CNC(=O)CCCCO[N+](=O)[O-])NCC(O)COc1ccccc1C#N. The predicted molar refractivity (Wildman–Crippen MR) is 105 cm³/mol. The number of nitriles is 1. The number of amides is 1. The number of carbonyl (C=O) groups excluding carboxylic acids is 1. The summed E-state index contributed by atoms with van der Waals surface area (Å²) in [4.78, 5) is 26.0. The Morgan fingerprint density at radius 1 is 1.38 bits per heavy atom. The minimum absolute atomic E-state index is 0.0217. The molecular formula is C19H28N4O6. The molecule has 1 rings (SSSR count). The fourth-order valence-electron chi connectivity index (χ4n) is 2.32. The third-order valence-corrected chi connectivity index (χ3v) is 3.98. The maximum atomic E-state index is 11.8. The molecule has 29 heavy (non-hydrogen) atoms. The van der Waals surface area contributed by atoms with E-state index in [1.807, 2.05) is 19.9 Å². The first-order valence-electron chi connectivity index (χ1n) is 9.32. The first-order chi connectivity index (χ1) is 13.7. The number of aliphatic hydroxyl groups is 1. The molecule has 0 aliphatic heterocycles. The van der Waals surface area contributed by atoms with Crippen LogP contribution in [0.2, 0.25) is 0 Å². The largest absolute Gasteiger partial charge is 0.489 e. The van der Waals surface area contributed by atoms with Gasteiger partial charge in [0.1, 0.15) is 24.5 Å². The Morgan fingerprint density at radius 2 is 2.10 bits per heavy atom. The van der Waals surface area contributed by atoms with Gasteiger partial charge in [-0.1, -0.05) is 12.1 Å². The second kappa shape index (κ2) is 12.5. The second-order valence-corrected chi connectivity index (χ2v) is 7.13. The van der Waals surface area contributed by atoms with E-state index in [2.05, 4.69) is 15.5 Å². The minimum atomic E-state index is -0.851. The topological polar surface area (TPSA) is 147 Å². The Hall–Kier alpha value is -2.90. The molecule has 3 N–H and O–H groups in total. The zero-order valence-electron chi connectivity index (χ0n) is 16.7. The van der Waals surface area contributed by atoms with Gasteiger partial charge in [-0.15, -0.1) is 10.1 Å². The van der Waals surface area contributed by atoms with Crippen molar-refractivity contribution in [1.29, 1.82) is 5.26 Å². The number of aliphatic hydroxyl groups excluding tert-OH is 1. The monoisotopic (exact) mass is 408 g/mol. The van der Waals surface area contributed by atoms with Gasteiger partial charge < -0.3 is 25.3 Å². The molecule has 1 amide bonds. The number of hydrogen-bond acceptors (Lipinski definition) is 8. The van der Waals surface area contributed by atoms with Gasteiger partial charge in [-0.05, 0) is 38.8 Å². The number of nitrogens with zero attached hydrogens (tertiary/aromatic N) is 2. The van der Waals surface area contributed by atoms with E-state index in [1.165, 1.54) is 0 Å². The predicted octanol–water partition coefficient (Wildman–Crippen LogP) is 1.16. The van der Waals surface area contributed by atoms with E-state index in [0.717, 1.165) is 0 Å². The summed E-state index contributed by atoms with van der Waals surface area (Å²) in [7, 11) is 0. The highest BCUT2D eigenvalue weighted by molar-refractivity contribution is 5.75. The molecule has 1 unspecified atom stereocenters. The van der Waals surface area contributed by atoms with Crippen molar-refractivity contribution in [2.75, 3.05) is 26.3 Å². The molecule has 0 saturated heterocycles. The van der Waals surface area contributed by atoms with E-state index >= 15 is 0 Å². The molecule has 10 nitrogen and oxygen atoms in total. The standard InChI is InChI=1S/C19H28N4O6/c1-19(2,14-21-18(25)9-5-6-10-29-23(26)27)22-12-16(24)13-28-17-8-4-3-7-15(17)11-20/h3-4,7-8,16,22,24H,5-6,9-10,12-14H2,1-2H3,(H,21,25). The van der Waals surface area contributed by atoms with Crippen molar-refractivity contribution in [2.45, 2.75) is 44.8 Å². The molecule has 0 radical (unpaired) electrons. The van der Waals surface area contributed by atoms with Gasteiger partial charge in [-0.3, -0.25) is 4.79 Å². The van der Waals surface area contributed by atoms with Gasteiger partial charge in [-0.2, -0.15) is 5.26 Å². The molecule has 0 bridgehead atoms. The third kappa shape index (κ3) is 10.9. The van der Waals surface area contributed by atoms with Crippen molar-refractivity contribution >= 4 is 5.91 Å². The van der Waals surface area contributed by atoms with E-state index in [4.69, 9.17) is 10.00 Å². The molecule has 1 aromatic carbocycles. The van der Waals surface area contributed by atoms with Crippen LogP contribution in [0, 0.1) is 21.4 Å². The number of rotatable bonds is 14. The third-order valence-electron chi connectivity index (χ3n) is 3.98. The molecule has 1 aromatic rings. The normalized spacial score (nSPS) is 11.9. The lowest BCUT2D eigenvalue weighted by Crippen LogP contribution is -2.51. The number of benzene rings is 1. The molecule has 0 aromatic heterocycles. The molecular weight excluding hydrogens is 380 g/mol. The molecule has 0 aliphatic carbocycles. The Kier molecular flexibility index (Phi) is 10.4. The smallest absolute Gasteiger partial charge is 0.294 e. The number of unbranched alkanes of at least 4 members (excludes halogenated alkanes) is 1. The van der Waals surface area contributed by atoms with E-state index in [1.54, 1.807) is 24.3 Å². The van der Waals surface area contributed by atoms with Crippen LogP contribution in [0.5, 0.6) is 5.75 Å². The Labute approximate surface area is 169 Å². The second-order valence-electron chi connectivity index (χ2n) is 7.13. The van der Waals surface area contributed by atoms with Gasteiger partial charge in [0, 0.05) is 25.0 Å². The fourth-order valence-corrected chi connectivity index (χ4v) is 2.32. The maximum absolute atomic E-state index is 11.8. The van der Waals surface area contributed by atoms with Crippen LogP contribution in [0.15, 0.2) is 24.3 Å². The van der Waals surface area contributed by atoms with Gasteiger partial charge in [-0.25, -0.2) is 0 Å². The van der Waals surface area contributed by atoms with E-state index in [9.17, 15) is 20.0 Å². The molecule has 0 heterocycles. The summed E-state index contributed by atoms with van der Waals surface area (Å²) >= 11 is 0. The summed E-state index contributed by atoms with van der Waals surface area (Å²) in [6.07, 6.45) is 0.384. The van der Waals surface area contributed by atoms with E-state index < -0.39 is 16.7 Å². The summed E-state index contributed by atoms with van der Waals surface area (Å²) in [5.74, 6) is 0.266. The van der Waals surface area contributed by atoms with Crippen LogP contribution in [-0.4, -0.2) is 54.0 Å². The molecule has 1 atom stereocenters. The summed E-state index contributed by atoms with van der Waals surface area (Å²) in [6.45, 7) is 4.37. The number of ether oxygens (including phenoxy) is 1. The van der Waals surface area contributed by atoms with E-state index in [0.29, 0.717) is 30.7 Å². The Morgan fingerprint density at radius 3 is 2.79 bits per heavy atom. The number of carbonyl (C=O) groups is 1. The summed E-state index contributed by atoms with van der Waals surface area (Å²) in [5.41, 5.74) is -0.0590. The lowest BCUT2D eigenvalue weighted by Gasteiger charge is -2.28. The number of hydrogen-bond donors (Lipinski definition) is 3. The van der Waals surface area contributed by atoms with Gasteiger partial charge >= 0.3 is 0 Å². The molecule has 0 aliphatic rings. The fraction of sp³-hybridized carbons (Fsp3) is 0.579. The zero-order chi connectivity index (χ0) is 21.7. The molecule has 10 heteroatoms. The van der Waals surface area contributed by atoms with Crippen molar-refractivity contribution in [3.05, 3.63) is 39.9 Å². The van der Waals surface area contributed by atoms with Gasteiger partial charge in [0.05, 0.1) is 12.2 Å². The van der Waals surface area contributed by atoms with Crippen molar-refractivity contribution in [3.8, 4) is 11.8 Å². The first-order valence-corrected chi connectivity index (χ1v) is 9.32. The van der Waals surface area contributed by atoms with Crippen molar-refractivity contribution < 1.29 is 24.6 Å². The highest BCUT2D eigenvalue weighted by Gasteiger charge is 2.20. The maximum Gasteiger partial charge on any atom is 0.294 e. The lowest BCUT2D eigenvalue weighted by atomic mass is 10.1. The summed E-state index contributed by atoms with van der Waals surface area (Å²) < 4.78 is 5.50. The van der Waals surface area contributed by atoms with Crippen LogP contribution >= 0.6 is 0 Å². The van der Waals surface area contributed by atoms with Gasteiger partial charge in [0.15, 0.2) is 0 Å². The molecule has 0 saturated carbocycles. The van der Waals surface area contributed by atoms with Crippen molar-refractivity contribution in [3.63, 3.8) is 0 Å². The number of β-amino-alcohol motifs (C(OH)–C–C–N with tert-alkyl or cyclic N) is 1. The minimum Gasteiger partial charge on any atom is -0.489 e. The van der Waals surface area contributed by atoms with Crippen LogP contribution in [0.3, 0.4) is 0 Å². The first kappa shape index (κ1) is 24.1. The van der Waals surface area contributed by atoms with Crippen molar-refractivity contribution in [2.24, 2.45) is 0 Å². The highest BCUT2D eigenvalue weighted by Crippen LogP contribution is 2.16.